The lowest BCUT2D eigenvalue weighted by atomic mass is 10.1. The van der Waals surface area contributed by atoms with Crippen molar-refractivity contribution in [3.8, 4) is 5.75 Å². The standard InChI is InChI=1S/C15H10F4N2O4/c1-6-7(4-3-5-8(6)21(23)24)20-15(22)9-10(16)12(18)14(25-2)13(19)11(9)17/h3-5H,1-2H3,(H,20,22). The van der Waals surface area contributed by atoms with Crippen LogP contribution < -0.4 is 10.1 Å². The highest BCUT2D eigenvalue weighted by Gasteiger charge is 2.30. The Bertz CT molecular complexity index is 857. The van der Waals surface area contributed by atoms with Gasteiger partial charge in [0.2, 0.25) is 11.6 Å². The first-order chi connectivity index (χ1) is 11.7. The topological polar surface area (TPSA) is 81.5 Å². The molecule has 2 aromatic carbocycles. The van der Waals surface area contributed by atoms with Gasteiger partial charge in [0.1, 0.15) is 5.56 Å². The third-order valence-electron chi connectivity index (χ3n) is 3.40. The molecule has 1 amide bonds. The van der Waals surface area contributed by atoms with Gasteiger partial charge in [0.05, 0.1) is 23.3 Å². The number of halogens is 4. The van der Waals surface area contributed by atoms with Crippen LogP contribution in [0.2, 0.25) is 0 Å². The fourth-order valence-corrected chi connectivity index (χ4v) is 2.13. The summed E-state index contributed by atoms with van der Waals surface area (Å²) in [4.78, 5) is 22.2. The number of anilines is 1. The molecule has 0 radical (unpaired) electrons. The molecular weight excluding hydrogens is 348 g/mol. The van der Waals surface area contributed by atoms with Crippen LogP contribution in [-0.4, -0.2) is 17.9 Å². The van der Waals surface area contributed by atoms with Crippen LogP contribution in [0.1, 0.15) is 15.9 Å². The number of carbonyl (C=O) groups is 1. The van der Waals surface area contributed by atoms with Crippen LogP contribution in [0.4, 0.5) is 28.9 Å². The number of nitro benzene ring substituents is 1. The molecule has 0 spiro atoms. The van der Waals surface area contributed by atoms with Gasteiger partial charge in [-0.2, -0.15) is 8.78 Å². The fraction of sp³-hybridized carbons (Fsp3) is 0.133. The van der Waals surface area contributed by atoms with Crippen LogP contribution in [0.5, 0.6) is 5.75 Å². The molecule has 25 heavy (non-hydrogen) atoms. The number of rotatable bonds is 4. The maximum absolute atomic E-state index is 13.9. The molecule has 0 atom stereocenters. The fourth-order valence-electron chi connectivity index (χ4n) is 2.13. The lowest BCUT2D eigenvalue weighted by molar-refractivity contribution is -0.385. The molecular formula is C15H10F4N2O4. The van der Waals surface area contributed by atoms with Crippen molar-refractivity contribution in [3.05, 3.63) is 62.7 Å². The van der Waals surface area contributed by atoms with Gasteiger partial charge in [0.25, 0.3) is 11.6 Å². The van der Waals surface area contributed by atoms with Crippen molar-refractivity contribution in [1.82, 2.24) is 0 Å². The van der Waals surface area contributed by atoms with Crippen molar-refractivity contribution < 1.29 is 32.0 Å². The van der Waals surface area contributed by atoms with Crippen molar-refractivity contribution in [1.29, 1.82) is 0 Å². The predicted molar refractivity (Wildman–Crippen MR) is 78.6 cm³/mol. The molecule has 10 heteroatoms. The van der Waals surface area contributed by atoms with E-state index in [9.17, 15) is 32.5 Å². The number of benzene rings is 2. The van der Waals surface area contributed by atoms with E-state index in [0.717, 1.165) is 13.2 Å². The molecule has 0 bridgehead atoms. The van der Waals surface area contributed by atoms with Gasteiger partial charge in [0.15, 0.2) is 17.4 Å². The van der Waals surface area contributed by atoms with Crippen LogP contribution in [0.15, 0.2) is 18.2 Å². The van der Waals surface area contributed by atoms with Gasteiger partial charge in [-0.05, 0) is 13.0 Å². The molecule has 0 aliphatic heterocycles. The normalized spacial score (nSPS) is 10.5. The second-order valence-electron chi connectivity index (χ2n) is 4.83. The third kappa shape index (κ3) is 3.10. The third-order valence-corrected chi connectivity index (χ3v) is 3.40. The van der Waals surface area contributed by atoms with Gasteiger partial charge in [-0.3, -0.25) is 14.9 Å². The molecule has 0 heterocycles. The Balaban J connectivity index is 2.51. The Hall–Kier alpha value is -3.17. The van der Waals surface area contributed by atoms with E-state index in [1.54, 1.807) is 0 Å². The molecule has 0 fully saturated rings. The summed E-state index contributed by atoms with van der Waals surface area (Å²) in [5.41, 5.74) is -2.02. The Morgan fingerprint density at radius 3 is 2.16 bits per heavy atom. The van der Waals surface area contributed by atoms with Gasteiger partial charge in [-0.15, -0.1) is 0 Å². The van der Waals surface area contributed by atoms with Crippen LogP contribution in [-0.2, 0) is 0 Å². The molecule has 0 aliphatic rings. The maximum Gasteiger partial charge on any atom is 0.274 e. The van der Waals surface area contributed by atoms with E-state index >= 15 is 0 Å². The number of hydrogen-bond donors (Lipinski definition) is 1. The highest BCUT2D eigenvalue weighted by molar-refractivity contribution is 6.05. The Morgan fingerprint density at radius 1 is 1.12 bits per heavy atom. The number of nitrogens with one attached hydrogen (secondary N) is 1. The van der Waals surface area contributed by atoms with E-state index in [1.807, 2.05) is 5.32 Å². The van der Waals surface area contributed by atoms with E-state index < -0.39 is 45.4 Å². The summed E-state index contributed by atoms with van der Waals surface area (Å²) in [6.07, 6.45) is 0. The summed E-state index contributed by atoms with van der Waals surface area (Å²) in [6.45, 7) is 1.29. The lowest BCUT2D eigenvalue weighted by Crippen LogP contribution is -2.19. The van der Waals surface area contributed by atoms with E-state index in [0.29, 0.717) is 0 Å². The molecule has 0 saturated carbocycles. The number of carbonyl (C=O) groups excluding carboxylic acids is 1. The summed E-state index contributed by atoms with van der Waals surface area (Å²) in [5.74, 6) is -10.5. The first-order valence-electron chi connectivity index (χ1n) is 6.66. The molecule has 2 aromatic rings. The van der Waals surface area contributed by atoms with Crippen LogP contribution >= 0.6 is 0 Å². The van der Waals surface area contributed by atoms with Crippen molar-refractivity contribution in [2.45, 2.75) is 6.92 Å². The molecule has 0 aliphatic carbocycles. The summed E-state index contributed by atoms with van der Waals surface area (Å²) in [7, 11) is 0.798. The van der Waals surface area contributed by atoms with Gasteiger partial charge in [-0.25, -0.2) is 8.78 Å². The van der Waals surface area contributed by atoms with E-state index in [-0.39, 0.29) is 16.9 Å². The zero-order valence-corrected chi connectivity index (χ0v) is 12.8. The summed E-state index contributed by atoms with van der Waals surface area (Å²) < 4.78 is 59.4. The molecule has 2 rings (SSSR count). The number of ether oxygens (including phenoxy) is 1. The SMILES string of the molecule is COc1c(F)c(F)c(C(=O)Nc2cccc([N+](=O)[O-])c2C)c(F)c1F. The van der Waals surface area contributed by atoms with Gasteiger partial charge < -0.3 is 10.1 Å². The van der Waals surface area contributed by atoms with Gasteiger partial charge in [-0.1, -0.05) is 6.07 Å². The zero-order chi connectivity index (χ0) is 18.9. The first kappa shape index (κ1) is 18.2. The monoisotopic (exact) mass is 358 g/mol. The Kier molecular flexibility index (Phi) is 4.91. The minimum absolute atomic E-state index is 0.00359. The van der Waals surface area contributed by atoms with Gasteiger partial charge in [0, 0.05) is 6.07 Å². The predicted octanol–water partition coefficient (Wildman–Crippen LogP) is 3.72. The summed E-state index contributed by atoms with van der Waals surface area (Å²) in [6, 6.07) is 3.60. The number of hydrogen-bond acceptors (Lipinski definition) is 4. The van der Waals surface area contributed by atoms with Crippen LogP contribution in [0.25, 0.3) is 0 Å². The quantitative estimate of drug-likeness (QED) is 0.391. The summed E-state index contributed by atoms with van der Waals surface area (Å²) >= 11 is 0. The molecule has 0 unspecified atom stereocenters. The lowest BCUT2D eigenvalue weighted by Gasteiger charge is -2.12. The molecule has 0 aromatic heterocycles. The van der Waals surface area contributed by atoms with E-state index in [2.05, 4.69) is 4.74 Å². The summed E-state index contributed by atoms with van der Waals surface area (Å²) in [5, 5.41) is 12.9. The van der Waals surface area contributed by atoms with Crippen LogP contribution in [0, 0.1) is 40.3 Å². The number of nitro groups is 1. The number of methoxy groups -OCH3 is 1. The van der Waals surface area contributed by atoms with Crippen molar-refractivity contribution >= 4 is 17.3 Å². The average Bonchev–Trinajstić information content (AvgIpc) is 2.55. The maximum atomic E-state index is 13.9. The minimum atomic E-state index is -1.95. The Labute approximate surface area is 138 Å². The van der Waals surface area contributed by atoms with Crippen molar-refractivity contribution in [2.75, 3.05) is 12.4 Å². The van der Waals surface area contributed by atoms with Crippen LogP contribution in [0.3, 0.4) is 0 Å². The van der Waals surface area contributed by atoms with E-state index in [4.69, 9.17) is 0 Å². The van der Waals surface area contributed by atoms with Crippen molar-refractivity contribution in [2.24, 2.45) is 0 Å². The number of nitrogens with zero attached hydrogens (tertiary/aromatic N) is 1. The largest absolute Gasteiger partial charge is 0.491 e. The molecule has 0 saturated heterocycles. The van der Waals surface area contributed by atoms with Gasteiger partial charge >= 0.3 is 0 Å². The minimum Gasteiger partial charge on any atom is -0.491 e. The number of amides is 1. The molecule has 1 N–H and O–H groups in total. The second kappa shape index (κ2) is 6.75. The van der Waals surface area contributed by atoms with E-state index in [1.165, 1.54) is 19.1 Å². The second-order valence-corrected chi connectivity index (χ2v) is 4.83. The molecule has 6 nitrogen and oxygen atoms in total. The van der Waals surface area contributed by atoms with Crippen molar-refractivity contribution in [3.63, 3.8) is 0 Å². The highest BCUT2D eigenvalue weighted by atomic mass is 19.2. The average molecular weight is 358 g/mol. The highest BCUT2D eigenvalue weighted by Crippen LogP contribution is 2.31. The zero-order valence-electron chi connectivity index (χ0n) is 12.8. The first-order valence-corrected chi connectivity index (χ1v) is 6.66. The smallest absolute Gasteiger partial charge is 0.274 e. The molecule has 132 valence electrons. The Morgan fingerprint density at radius 2 is 1.68 bits per heavy atom.